The van der Waals surface area contributed by atoms with E-state index in [0.717, 1.165) is 30.0 Å². The number of benzene rings is 1. The molecule has 1 atom stereocenters. The van der Waals surface area contributed by atoms with E-state index in [-0.39, 0.29) is 4.90 Å². The van der Waals surface area contributed by atoms with Gasteiger partial charge >= 0.3 is 0 Å². The first-order valence-electron chi connectivity index (χ1n) is 3.85. The summed E-state index contributed by atoms with van der Waals surface area (Å²) in [4.78, 5) is 0.237. The van der Waals surface area contributed by atoms with E-state index < -0.39 is 17.7 Å². The zero-order chi connectivity index (χ0) is 9.84. The van der Waals surface area contributed by atoms with Gasteiger partial charge in [0.2, 0.25) is 0 Å². The summed E-state index contributed by atoms with van der Waals surface area (Å²) in [6, 6.07) is 3.28. The second-order valence-electron chi connectivity index (χ2n) is 2.73. The van der Waals surface area contributed by atoms with Crippen LogP contribution in [0.3, 0.4) is 0 Å². The lowest BCUT2D eigenvalue weighted by Crippen LogP contribution is -2.02. The summed E-state index contributed by atoms with van der Waals surface area (Å²) in [7, 11) is 0. The average Bonchev–Trinajstić information content (AvgIpc) is 2.06. The fourth-order valence-corrected chi connectivity index (χ4v) is 1.62. The van der Waals surface area contributed by atoms with E-state index in [1.807, 2.05) is 0 Å². The van der Waals surface area contributed by atoms with Crippen LogP contribution in [0.2, 0.25) is 0 Å². The SMILES string of the molecule is CC(O)CSc1cc(F)ccc1F. The first-order valence-corrected chi connectivity index (χ1v) is 4.84. The van der Waals surface area contributed by atoms with Crippen molar-refractivity contribution in [2.45, 2.75) is 17.9 Å². The number of rotatable bonds is 3. The molecule has 1 unspecified atom stereocenters. The van der Waals surface area contributed by atoms with Crippen LogP contribution in [0.1, 0.15) is 6.92 Å². The van der Waals surface area contributed by atoms with Crippen molar-refractivity contribution >= 4 is 11.8 Å². The summed E-state index contributed by atoms with van der Waals surface area (Å²) in [6.45, 7) is 1.60. The third-order valence-corrected chi connectivity index (χ3v) is 2.65. The van der Waals surface area contributed by atoms with Crippen LogP contribution in [0.5, 0.6) is 0 Å². The van der Waals surface area contributed by atoms with Crippen LogP contribution in [-0.2, 0) is 0 Å². The first kappa shape index (κ1) is 10.5. The van der Waals surface area contributed by atoms with E-state index in [1.165, 1.54) is 0 Å². The molecular weight excluding hydrogens is 194 g/mol. The molecule has 1 nitrogen and oxygen atoms in total. The van der Waals surface area contributed by atoms with Crippen LogP contribution in [-0.4, -0.2) is 17.0 Å². The van der Waals surface area contributed by atoms with Gasteiger partial charge in [0, 0.05) is 10.6 Å². The Kier molecular flexibility index (Phi) is 3.69. The number of thioether (sulfide) groups is 1. The summed E-state index contributed by atoms with van der Waals surface area (Å²) in [5.74, 6) is -0.554. The molecule has 0 fully saturated rings. The number of hydrogen-bond donors (Lipinski definition) is 1. The lowest BCUT2D eigenvalue weighted by molar-refractivity contribution is 0.220. The van der Waals surface area contributed by atoms with Crippen molar-refractivity contribution in [1.82, 2.24) is 0 Å². The van der Waals surface area contributed by atoms with Crippen LogP contribution in [0.15, 0.2) is 23.1 Å². The topological polar surface area (TPSA) is 20.2 Å². The summed E-state index contributed by atoms with van der Waals surface area (Å²) in [5.41, 5.74) is 0. The molecule has 0 bridgehead atoms. The maximum absolute atomic E-state index is 13.0. The maximum atomic E-state index is 13.0. The summed E-state index contributed by atoms with van der Waals surface area (Å²) in [5, 5.41) is 8.94. The minimum Gasteiger partial charge on any atom is -0.393 e. The molecule has 0 saturated heterocycles. The fourth-order valence-electron chi connectivity index (χ4n) is 0.798. The van der Waals surface area contributed by atoms with Crippen molar-refractivity contribution in [3.63, 3.8) is 0 Å². The highest BCUT2D eigenvalue weighted by Gasteiger charge is 2.05. The van der Waals surface area contributed by atoms with Gasteiger partial charge in [0.25, 0.3) is 0 Å². The predicted octanol–water partition coefficient (Wildman–Crippen LogP) is 2.44. The quantitative estimate of drug-likeness (QED) is 0.763. The average molecular weight is 204 g/mol. The molecule has 4 heteroatoms. The predicted molar refractivity (Wildman–Crippen MR) is 48.8 cm³/mol. The lowest BCUT2D eigenvalue weighted by Gasteiger charge is -2.04. The highest BCUT2D eigenvalue weighted by atomic mass is 32.2. The van der Waals surface area contributed by atoms with E-state index in [2.05, 4.69) is 0 Å². The molecule has 0 aliphatic heterocycles. The smallest absolute Gasteiger partial charge is 0.136 e. The van der Waals surface area contributed by atoms with Crippen molar-refractivity contribution in [3.8, 4) is 0 Å². The first-order chi connectivity index (χ1) is 6.09. The number of aliphatic hydroxyl groups excluding tert-OH is 1. The number of hydrogen-bond acceptors (Lipinski definition) is 2. The molecule has 13 heavy (non-hydrogen) atoms. The molecule has 0 aromatic heterocycles. The highest BCUT2D eigenvalue weighted by Crippen LogP contribution is 2.22. The van der Waals surface area contributed by atoms with Gasteiger partial charge in [-0.25, -0.2) is 8.78 Å². The number of halogens is 2. The normalized spacial score (nSPS) is 12.9. The van der Waals surface area contributed by atoms with Gasteiger partial charge < -0.3 is 5.11 Å². The van der Waals surface area contributed by atoms with E-state index in [0.29, 0.717) is 5.75 Å². The van der Waals surface area contributed by atoms with Gasteiger partial charge in [-0.3, -0.25) is 0 Å². The molecule has 1 aromatic carbocycles. The van der Waals surface area contributed by atoms with Crippen molar-refractivity contribution in [2.24, 2.45) is 0 Å². The fraction of sp³-hybridized carbons (Fsp3) is 0.333. The third kappa shape index (κ3) is 3.32. The molecular formula is C9H10F2OS. The van der Waals surface area contributed by atoms with E-state index in [9.17, 15) is 8.78 Å². The van der Waals surface area contributed by atoms with Gasteiger partial charge in [-0.1, -0.05) is 0 Å². The molecule has 0 heterocycles. The second-order valence-corrected chi connectivity index (χ2v) is 3.80. The Labute approximate surface area is 79.8 Å². The molecule has 1 aromatic rings. The Morgan fingerprint density at radius 3 is 2.77 bits per heavy atom. The van der Waals surface area contributed by atoms with Crippen molar-refractivity contribution in [2.75, 3.05) is 5.75 Å². The molecule has 0 amide bonds. The summed E-state index contributed by atoms with van der Waals surface area (Å²) in [6.07, 6.45) is -0.521. The molecule has 1 rings (SSSR count). The standard InChI is InChI=1S/C9H10F2OS/c1-6(12)5-13-9-4-7(10)2-3-8(9)11/h2-4,6,12H,5H2,1H3. The van der Waals surface area contributed by atoms with Crippen LogP contribution in [0.25, 0.3) is 0 Å². The molecule has 0 aliphatic carbocycles. The summed E-state index contributed by atoms with van der Waals surface area (Å²) >= 11 is 1.10. The second kappa shape index (κ2) is 4.58. The zero-order valence-corrected chi connectivity index (χ0v) is 7.94. The van der Waals surface area contributed by atoms with Crippen molar-refractivity contribution in [1.29, 1.82) is 0 Å². The van der Waals surface area contributed by atoms with Gasteiger partial charge in [-0.05, 0) is 25.1 Å². The number of aliphatic hydroxyl groups is 1. The van der Waals surface area contributed by atoms with Crippen LogP contribution >= 0.6 is 11.8 Å². The maximum Gasteiger partial charge on any atom is 0.136 e. The Morgan fingerprint density at radius 1 is 1.46 bits per heavy atom. The molecule has 0 saturated carbocycles. The Balaban J connectivity index is 2.70. The van der Waals surface area contributed by atoms with E-state index in [4.69, 9.17) is 5.11 Å². The van der Waals surface area contributed by atoms with Gasteiger partial charge in [0.05, 0.1) is 6.10 Å². The monoisotopic (exact) mass is 204 g/mol. The van der Waals surface area contributed by atoms with Gasteiger partial charge in [0.1, 0.15) is 11.6 Å². The Bertz CT molecular complexity index is 289. The van der Waals surface area contributed by atoms with Gasteiger partial charge in [-0.2, -0.15) is 0 Å². The molecule has 1 N–H and O–H groups in total. The molecule has 0 aliphatic rings. The molecule has 0 radical (unpaired) electrons. The zero-order valence-electron chi connectivity index (χ0n) is 7.13. The third-order valence-electron chi connectivity index (χ3n) is 1.37. The lowest BCUT2D eigenvalue weighted by atomic mass is 10.3. The molecule has 72 valence electrons. The van der Waals surface area contributed by atoms with E-state index in [1.54, 1.807) is 6.92 Å². The van der Waals surface area contributed by atoms with Crippen molar-refractivity contribution in [3.05, 3.63) is 29.8 Å². The minimum atomic E-state index is -0.521. The van der Waals surface area contributed by atoms with E-state index >= 15 is 0 Å². The van der Waals surface area contributed by atoms with Crippen molar-refractivity contribution < 1.29 is 13.9 Å². The van der Waals surface area contributed by atoms with Crippen LogP contribution < -0.4 is 0 Å². The molecule has 0 spiro atoms. The van der Waals surface area contributed by atoms with Crippen LogP contribution in [0, 0.1) is 11.6 Å². The Hall–Kier alpha value is -0.610. The van der Waals surface area contributed by atoms with Gasteiger partial charge in [-0.15, -0.1) is 11.8 Å². The largest absolute Gasteiger partial charge is 0.393 e. The Morgan fingerprint density at radius 2 is 2.15 bits per heavy atom. The minimum absolute atomic E-state index is 0.237. The highest BCUT2D eigenvalue weighted by molar-refractivity contribution is 7.99. The summed E-state index contributed by atoms with van der Waals surface area (Å²) < 4.78 is 25.6. The van der Waals surface area contributed by atoms with Crippen LogP contribution in [0.4, 0.5) is 8.78 Å². The van der Waals surface area contributed by atoms with Gasteiger partial charge in [0.15, 0.2) is 0 Å².